The fourth-order valence-corrected chi connectivity index (χ4v) is 4.06. The maximum absolute atomic E-state index is 13.8. The Hall–Kier alpha value is -3.60. The van der Waals surface area contributed by atoms with Crippen molar-refractivity contribution in [2.24, 2.45) is 5.92 Å². The maximum Gasteiger partial charge on any atom is 0.409 e. The number of aromatic amines is 1. The molecule has 11 nitrogen and oxygen atoms in total. The standard InChI is InChI=1S/C23H31N5O6/c1-3-34-23(32)26-11-7-10-17(15-26)21(30)28(14-16-8-5-4-6-9-16)18-19(24)27(12-13-33-2)22(31)25-20(18)29/h4-6,8-9,17H,3,7,10-15,24H2,1-2H3,(H,25,29,31)/t17-/m1/s1. The minimum Gasteiger partial charge on any atom is -0.450 e. The summed E-state index contributed by atoms with van der Waals surface area (Å²) in [6.45, 7) is 3.00. The van der Waals surface area contributed by atoms with Crippen LogP contribution in [0.2, 0.25) is 0 Å². The Morgan fingerprint density at radius 3 is 2.65 bits per heavy atom. The lowest BCUT2D eigenvalue weighted by Gasteiger charge is -2.34. The monoisotopic (exact) mass is 473 g/mol. The van der Waals surface area contributed by atoms with E-state index in [-0.39, 0.29) is 50.3 Å². The number of likely N-dealkylation sites (tertiary alicyclic amines) is 1. The van der Waals surface area contributed by atoms with Crippen molar-refractivity contribution in [3.8, 4) is 0 Å². The lowest BCUT2D eigenvalue weighted by atomic mass is 9.96. The van der Waals surface area contributed by atoms with E-state index >= 15 is 0 Å². The van der Waals surface area contributed by atoms with Gasteiger partial charge in [0, 0.05) is 20.2 Å². The number of rotatable bonds is 8. The molecule has 0 unspecified atom stereocenters. The molecule has 1 aromatic heterocycles. The molecule has 0 bridgehead atoms. The quantitative estimate of drug-likeness (QED) is 0.586. The van der Waals surface area contributed by atoms with E-state index in [4.69, 9.17) is 15.2 Å². The van der Waals surface area contributed by atoms with Gasteiger partial charge in [-0.2, -0.15) is 0 Å². The van der Waals surface area contributed by atoms with Crippen LogP contribution >= 0.6 is 0 Å². The molecule has 3 N–H and O–H groups in total. The first-order chi connectivity index (χ1) is 16.4. The van der Waals surface area contributed by atoms with E-state index in [1.54, 1.807) is 6.92 Å². The van der Waals surface area contributed by atoms with Crippen LogP contribution < -0.4 is 21.9 Å². The van der Waals surface area contributed by atoms with Crippen LogP contribution in [0.3, 0.4) is 0 Å². The number of nitrogen functional groups attached to an aromatic ring is 1. The molecular weight excluding hydrogens is 442 g/mol. The molecule has 2 heterocycles. The highest BCUT2D eigenvalue weighted by molar-refractivity contribution is 5.97. The lowest BCUT2D eigenvalue weighted by molar-refractivity contribution is -0.124. The summed E-state index contributed by atoms with van der Waals surface area (Å²) >= 11 is 0. The fraction of sp³-hybridized carbons (Fsp3) is 0.478. The van der Waals surface area contributed by atoms with Crippen molar-refractivity contribution in [2.75, 3.05) is 44.0 Å². The summed E-state index contributed by atoms with van der Waals surface area (Å²) in [6.07, 6.45) is 0.689. The molecule has 0 aliphatic carbocycles. The number of nitrogens with zero attached hydrogens (tertiary/aromatic N) is 3. The number of hydrogen-bond donors (Lipinski definition) is 2. The van der Waals surface area contributed by atoms with E-state index in [1.807, 2.05) is 30.3 Å². The molecule has 34 heavy (non-hydrogen) atoms. The highest BCUT2D eigenvalue weighted by Crippen LogP contribution is 2.26. The molecule has 1 fully saturated rings. The summed E-state index contributed by atoms with van der Waals surface area (Å²) in [5.74, 6) is -1.03. The smallest absolute Gasteiger partial charge is 0.409 e. The Labute approximate surface area is 197 Å². The van der Waals surface area contributed by atoms with Gasteiger partial charge >= 0.3 is 11.8 Å². The second-order valence-corrected chi connectivity index (χ2v) is 8.03. The predicted octanol–water partition coefficient (Wildman–Crippen LogP) is 1.17. The van der Waals surface area contributed by atoms with E-state index in [0.717, 1.165) is 5.56 Å². The van der Waals surface area contributed by atoms with Crippen molar-refractivity contribution in [2.45, 2.75) is 32.9 Å². The van der Waals surface area contributed by atoms with Gasteiger partial charge < -0.3 is 20.1 Å². The number of ether oxygens (including phenoxy) is 2. The summed E-state index contributed by atoms with van der Waals surface area (Å²) in [7, 11) is 1.48. The lowest BCUT2D eigenvalue weighted by Crippen LogP contribution is -2.49. The number of methoxy groups -OCH3 is 1. The zero-order valence-electron chi connectivity index (χ0n) is 19.5. The number of benzene rings is 1. The summed E-state index contributed by atoms with van der Waals surface area (Å²) in [6, 6.07) is 9.16. The largest absolute Gasteiger partial charge is 0.450 e. The number of anilines is 2. The molecule has 1 aliphatic heterocycles. The SMILES string of the molecule is CCOC(=O)N1CCC[C@@H](C(=O)N(Cc2ccccc2)c2c(N)n(CCOC)c(=O)[nH]c2=O)C1. The van der Waals surface area contributed by atoms with Gasteiger partial charge in [-0.05, 0) is 25.3 Å². The highest BCUT2D eigenvalue weighted by Gasteiger charge is 2.34. The highest BCUT2D eigenvalue weighted by atomic mass is 16.6. The van der Waals surface area contributed by atoms with Crippen LogP contribution in [-0.4, -0.2) is 59.9 Å². The number of nitrogens with one attached hydrogen (secondary N) is 1. The number of carbonyl (C=O) groups is 2. The van der Waals surface area contributed by atoms with Gasteiger partial charge in [0.25, 0.3) is 5.56 Å². The first-order valence-electron chi connectivity index (χ1n) is 11.3. The number of piperidine rings is 1. The Kier molecular flexibility index (Phi) is 8.47. The van der Waals surface area contributed by atoms with Gasteiger partial charge in [0.15, 0.2) is 5.69 Å². The van der Waals surface area contributed by atoms with Crippen molar-refractivity contribution in [1.29, 1.82) is 0 Å². The molecule has 2 amide bonds. The first-order valence-corrected chi connectivity index (χ1v) is 11.3. The van der Waals surface area contributed by atoms with Crippen LogP contribution in [0.15, 0.2) is 39.9 Å². The number of hydrogen-bond acceptors (Lipinski definition) is 7. The van der Waals surface area contributed by atoms with Crippen LogP contribution in [0.25, 0.3) is 0 Å². The average molecular weight is 474 g/mol. The molecule has 1 saturated heterocycles. The molecule has 2 aromatic rings. The number of carbonyl (C=O) groups excluding carboxylic acids is 2. The molecule has 3 rings (SSSR count). The second kappa shape index (κ2) is 11.5. The molecule has 0 spiro atoms. The van der Waals surface area contributed by atoms with Gasteiger partial charge in [0.1, 0.15) is 5.82 Å². The molecule has 11 heteroatoms. The third-order valence-corrected chi connectivity index (χ3v) is 5.75. The molecule has 1 atom stereocenters. The summed E-state index contributed by atoms with van der Waals surface area (Å²) in [5, 5.41) is 0. The number of nitrogens with two attached hydrogens (primary N) is 1. The number of amides is 2. The van der Waals surface area contributed by atoms with Gasteiger partial charge in [-0.1, -0.05) is 30.3 Å². The second-order valence-electron chi connectivity index (χ2n) is 8.03. The van der Waals surface area contributed by atoms with Gasteiger partial charge in [-0.15, -0.1) is 0 Å². The van der Waals surface area contributed by atoms with Crippen molar-refractivity contribution in [3.05, 3.63) is 56.7 Å². The summed E-state index contributed by atoms with van der Waals surface area (Å²) < 4.78 is 11.3. The van der Waals surface area contributed by atoms with Crippen molar-refractivity contribution < 1.29 is 19.1 Å². The summed E-state index contributed by atoms with van der Waals surface area (Å²) in [4.78, 5) is 56.4. The van der Waals surface area contributed by atoms with Crippen LogP contribution in [0.4, 0.5) is 16.3 Å². The van der Waals surface area contributed by atoms with Crippen LogP contribution in [0.5, 0.6) is 0 Å². The van der Waals surface area contributed by atoms with E-state index < -0.39 is 23.3 Å². The van der Waals surface area contributed by atoms with E-state index in [0.29, 0.717) is 19.4 Å². The zero-order valence-corrected chi connectivity index (χ0v) is 19.5. The molecule has 0 saturated carbocycles. The number of aromatic nitrogens is 2. The molecule has 1 aromatic carbocycles. The van der Waals surface area contributed by atoms with Crippen LogP contribution in [0, 0.1) is 5.92 Å². The maximum atomic E-state index is 13.8. The van der Waals surface area contributed by atoms with Crippen molar-refractivity contribution in [3.63, 3.8) is 0 Å². The Morgan fingerprint density at radius 1 is 1.24 bits per heavy atom. The average Bonchev–Trinajstić information content (AvgIpc) is 2.83. The molecule has 1 aliphatic rings. The fourth-order valence-electron chi connectivity index (χ4n) is 4.06. The van der Waals surface area contributed by atoms with Crippen LogP contribution in [0.1, 0.15) is 25.3 Å². The Balaban J connectivity index is 2.01. The minimum atomic E-state index is -0.751. The van der Waals surface area contributed by atoms with Crippen LogP contribution in [-0.2, 0) is 27.4 Å². The zero-order chi connectivity index (χ0) is 24.7. The third kappa shape index (κ3) is 5.66. The predicted molar refractivity (Wildman–Crippen MR) is 127 cm³/mol. The van der Waals surface area contributed by atoms with Gasteiger partial charge in [0.2, 0.25) is 5.91 Å². The van der Waals surface area contributed by atoms with Crippen molar-refractivity contribution in [1.82, 2.24) is 14.5 Å². The summed E-state index contributed by atoms with van der Waals surface area (Å²) in [5.41, 5.74) is 5.52. The normalized spacial score (nSPS) is 15.7. The first kappa shape index (κ1) is 25.0. The van der Waals surface area contributed by atoms with E-state index in [1.165, 1.54) is 21.5 Å². The topological polar surface area (TPSA) is 140 Å². The van der Waals surface area contributed by atoms with E-state index in [9.17, 15) is 19.2 Å². The van der Waals surface area contributed by atoms with Gasteiger partial charge in [0.05, 0.1) is 32.2 Å². The molecule has 184 valence electrons. The van der Waals surface area contributed by atoms with Gasteiger partial charge in [-0.3, -0.25) is 24.0 Å². The number of H-pyrrole nitrogens is 1. The van der Waals surface area contributed by atoms with E-state index in [2.05, 4.69) is 4.98 Å². The van der Waals surface area contributed by atoms with Gasteiger partial charge in [-0.25, -0.2) is 9.59 Å². The Bertz CT molecular complexity index is 1110. The Morgan fingerprint density at radius 2 is 1.97 bits per heavy atom. The molecular formula is C23H31N5O6. The van der Waals surface area contributed by atoms with Crippen molar-refractivity contribution >= 4 is 23.5 Å². The molecule has 0 radical (unpaired) electrons. The minimum absolute atomic E-state index is 0.0747. The third-order valence-electron chi connectivity index (χ3n) is 5.75.